The second kappa shape index (κ2) is 5.77. The summed E-state index contributed by atoms with van der Waals surface area (Å²) in [6, 6.07) is 5.99. The topological polar surface area (TPSA) is 77.2 Å². The number of benzene rings is 1. The number of aliphatic carboxylic acids is 1. The number of aromatic nitrogens is 3. The second-order valence-corrected chi connectivity index (χ2v) is 5.60. The average molecular weight is 305 g/mol. The highest BCUT2D eigenvalue weighted by atomic mass is 32.2. The Bertz CT molecular complexity index is 684. The normalized spacial score (nSPS) is 13.0. The van der Waals surface area contributed by atoms with Crippen molar-refractivity contribution < 1.29 is 14.6 Å². The summed E-state index contributed by atoms with van der Waals surface area (Å²) < 4.78 is 7.44. The van der Waals surface area contributed by atoms with Crippen molar-refractivity contribution in [2.24, 2.45) is 0 Å². The maximum atomic E-state index is 10.7. The fraction of sp³-hybridized carbons (Fsp3) is 0.357. The van der Waals surface area contributed by atoms with E-state index in [1.54, 1.807) is 0 Å². The zero-order valence-corrected chi connectivity index (χ0v) is 12.4. The lowest BCUT2D eigenvalue weighted by molar-refractivity contribution is -0.133. The quantitative estimate of drug-likeness (QED) is 0.852. The third-order valence-electron chi connectivity index (χ3n) is 3.31. The summed E-state index contributed by atoms with van der Waals surface area (Å²) in [5, 5.41) is 17.7. The molecule has 0 radical (unpaired) electrons. The van der Waals surface area contributed by atoms with Gasteiger partial charge in [-0.25, -0.2) is 0 Å². The van der Waals surface area contributed by atoms with Crippen LogP contribution in [0.3, 0.4) is 0 Å². The smallest absolute Gasteiger partial charge is 0.313 e. The number of hydrogen-bond donors (Lipinski definition) is 1. The average Bonchev–Trinajstić information content (AvgIpc) is 3.10. The first-order valence-corrected chi connectivity index (χ1v) is 7.71. The molecule has 3 rings (SSSR count). The molecule has 2 aromatic rings. The van der Waals surface area contributed by atoms with Gasteiger partial charge in [-0.05, 0) is 30.7 Å². The van der Waals surface area contributed by atoms with Crippen LogP contribution >= 0.6 is 11.8 Å². The molecule has 0 bridgehead atoms. The fourth-order valence-electron chi connectivity index (χ4n) is 2.35. The molecule has 1 N–H and O–H groups in total. The Kier molecular flexibility index (Phi) is 3.83. The van der Waals surface area contributed by atoms with Gasteiger partial charge in [0.15, 0.2) is 11.0 Å². The Labute approximate surface area is 126 Å². The van der Waals surface area contributed by atoms with Crippen molar-refractivity contribution in [2.45, 2.75) is 25.0 Å². The third-order valence-corrected chi connectivity index (χ3v) is 4.26. The highest BCUT2D eigenvalue weighted by molar-refractivity contribution is 7.99. The predicted molar refractivity (Wildman–Crippen MR) is 78.7 cm³/mol. The standard InChI is InChI=1S/C14H15N3O3S/c1-2-17-13(15-16-14(17)21-8-12(18)19)10-3-4-11-9(7-10)5-6-20-11/h3-4,7H,2,5-6,8H2,1H3,(H,18,19). The van der Waals surface area contributed by atoms with Crippen LogP contribution in [-0.2, 0) is 17.8 Å². The molecule has 2 heterocycles. The van der Waals surface area contributed by atoms with Crippen molar-refractivity contribution in [3.63, 3.8) is 0 Å². The highest BCUT2D eigenvalue weighted by Crippen LogP contribution is 2.31. The summed E-state index contributed by atoms with van der Waals surface area (Å²) in [4.78, 5) is 10.7. The lowest BCUT2D eigenvalue weighted by Gasteiger charge is -2.07. The zero-order chi connectivity index (χ0) is 14.8. The van der Waals surface area contributed by atoms with Gasteiger partial charge >= 0.3 is 5.97 Å². The van der Waals surface area contributed by atoms with Gasteiger partial charge in [-0.2, -0.15) is 0 Å². The van der Waals surface area contributed by atoms with Crippen LogP contribution in [-0.4, -0.2) is 38.2 Å². The van der Waals surface area contributed by atoms with E-state index in [-0.39, 0.29) is 5.75 Å². The molecule has 0 aliphatic carbocycles. The van der Waals surface area contributed by atoms with Crippen LogP contribution in [0.15, 0.2) is 23.4 Å². The number of thioether (sulfide) groups is 1. The van der Waals surface area contributed by atoms with E-state index in [9.17, 15) is 4.79 Å². The number of carboxylic acids is 1. The SMILES string of the molecule is CCn1c(SCC(=O)O)nnc1-c1ccc2c(c1)CCO2. The monoisotopic (exact) mass is 305 g/mol. The molecule has 0 saturated heterocycles. The molecule has 1 aliphatic rings. The lowest BCUT2D eigenvalue weighted by Crippen LogP contribution is -2.03. The van der Waals surface area contributed by atoms with E-state index >= 15 is 0 Å². The lowest BCUT2D eigenvalue weighted by atomic mass is 10.1. The Morgan fingerprint density at radius 3 is 3.10 bits per heavy atom. The first kappa shape index (κ1) is 13.9. The molecule has 7 heteroatoms. The van der Waals surface area contributed by atoms with Crippen molar-refractivity contribution >= 4 is 17.7 Å². The Balaban J connectivity index is 1.93. The van der Waals surface area contributed by atoms with Crippen molar-refractivity contribution in [1.82, 2.24) is 14.8 Å². The first-order chi connectivity index (χ1) is 10.2. The molecular formula is C14H15N3O3S. The van der Waals surface area contributed by atoms with Crippen molar-refractivity contribution in [2.75, 3.05) is 12.4 Å². The van der Waals surface area contributed by atoms with Gasteiger partial charge in [0.25, 0.3) is 0 Å². The van der Waals surface area contributed by atoms with Crippen LogP contribution in [0.25, 0.3) is 11.4 Å². The van der Waals surface area contributed by atoms with Gasteiger partial charge in [0.1, 0.15) is 5.75 Å². The van der Waals surface area contributed by atoms with Gasteiger partial charge in [0, 0.05) is 18.5 Å². The molecule has 21 heavy (non-hydrogen) atoms. The van der Waals surface area contributed by atoms with Gasteiger partial charge in [-0.15, -0.1) is 10.2 Å². The summed E-state index contributed by atoms with van der Waals surface area (Å²) in [5.74, 6) is 0.819. The van der Waals surface area contributed by atoms with Crippen LogP contribution in [0, 0.1) is 0 Å². The summed E-state index contributed by atoms with van der Waals surface area (Å²) in [7, 11) is 0. The van der Waals surface area contributed by atoms with Gasteiger partial charge in [0.2, 0.25) is 0 Å². The molecule has 1 aromatic heterocycles. The van der Waals surface area contributed by atoms with E-state index in [0.29, 0.717) is 11.7 Å². The van der Waals surface area contributed by atoms with Gasteiger partial charge in [-0.1, -0.05) is 11.8 Å². The number of ether oxygens (including phenoxy) is 1. The second-order valence-electron chi connectivity index (χ2n) is 4.65. The predicted octanol–water partition coefficient (Wildman–Crippen LogP) is 2.08. The first-order valence-electron chi connectivity index (χ1n) is 6.73. The maximum absolute atomic E-state index is 10.7. The minimum absolute atomic E-state index is 0.0177. The molecule has 6 nitrogen and oxygen atoms in total. The van der Waals surface area contributed by atoms with E-state index in [1.165, 1.54) is 17.3 Å². The fourth-order valence-corrected chi connectivity index (χ4v) is 3.07. The molecule has 0 spiro atoms. The molecule has 0 fully saturated rings. The van der Waals surface area contributed by atoms with Crippen LogP contribution in [0.2, 0.25) is 0 Å². The molecular weight excluding hydrogens is 290 g/mol. The van der Waals surface area contributed by atoms with Crippen molar-refractivity contribution in [3.05, 3.63) is 23.8 Å². The summed E-state index contributed by atoms with van der Waals surface area (Å²) in [6.07, 6.45) is 0.907. The summed E-state index contributed by atoms with van der Waals surface area (Å²) in [5.41, 5.74) is 2.16. The van der Waals surface area contributed by atoms with Crippen LogP contribution in [0.5, 0.6) is 5.75 Å². The molecule has 110 valence electrons. The molecule has 1 aliphatic heterocycles. The Morgan fingerprint density at radius 1 is 1.48 bits per heavy atom. The van der Waals surface area contributed by atoms with Gasteiger partial charge in [-0.3, -0.25) is 4.79 Å². The van der Waals surface area contributed by atoms with E-state index in [4.69, 9.17) is 9.84 Å². The minimum atomic E-state index is -0.859. The largest absolute Gasteiger partial charge is 0.493 e. The number of hydrogen-bond acceptors (Lipinski definition) is 5. The van der Waals surface area contributed by atoms with Crippen LogP contribution in [0.1, 0.15) is 12.5 Å². The molecule has 0 unspecified atom stereocenters. The van der Waals surface area contributed by atoms with E-state index < -0.39 is 5.97 Å². The van der Waals surface area contributed by atoms with Gasteiger partial charge < -0.3 is 14.4 Å². The maximum Gasteiger partial charge on any atom is 0.313 e. The summed E-state index contributed by atoms with van der Waals surface area (Å²) in [6.45, 7) is 3.41. The van der Waals surface area contributed by atoms with Crippen LogP contribution < -0.4 is 4.74 Å². The number of carbonyl (C=O) groups is 1. The minimum Gasteiger partial charge on any atom is -0.493 e. The number of carboxylic acid groups (broad SMARTS) is 1. The Morgan fingerprint density at radius 2 is 2.33 bits per heavy atom. The summed E-state index contributed by atoms with van der Waals surface area (Å²) >= 11 is 1.19. The van der Waals surface area contributed by atoms with Crippen LogP contribution in [0.4, 0.5) is 0 Å². The molecule has 0 atom stereocenters. The number of fused-ring (bicyclic) bond motifs is 1. The molecule has 0 amide bonds. The highest BCUT2D eigenvalue weighted by Gasteiger charge is 2.17. The number of rotatable bonds is 5. The zero-order valence-electron chi connectivity index (χ0n) is 11.6. The van der Waals surface area contributed by atoms with E-state index in [2.05, 4.69) is 16.3 Å². The Hall–Kier alpha value is -2.02. The van der Waals surface area contributed by atoms with Crippen molar-refractivity contribution in [3.8, 4) is 17.1 Å². The van der Waals surface area contributed by atoms with Gasteiger partial charge in [0.05, 0.1) is 12.4 Å². The number of nitrogens with zero attached hydrogens (tertiary/aromatic N) is 3. The van der Waals surface area contributed by atoms with E-state index in [0.717, 1.165) is 30.2 Å². The van der Waals surface area contributed by atoms with Crippen molar-refractivity contribution in [1.29, 1.82) is 0 Å². The third kappa shape index (κ3) is 2.73. The molecule has 0 saturated carbocycles. The molecule has 1 aromatic carbocycles. The van der Waals surface area contributed by atoms with E-state index in [1.807, 2.05) is 23.6 Å².